The van der Waals surface area contributed by atoms with Crippen molar-refractivity contribution < 1.29 is 5.11 Å². The van der Waals surface area contributed by atoms with Gasteiger partial charge in [-0.05, 0) is 35.8 Å². The summed E-state index contributed by atoms with van der Waals surface area (Å²) < 4.78 is 0. The van der Waals surface area contributed by atoms with Crippen molar-refractivity contribution in [2.75, 3.05) is 6.61 Å². The van der Waals surface area contributed by atoms with E-state index in [9.17, 15) is 5.26 Å². The Morgan fingerprint density at radius 3 is 2.59 bits per heavy atom. The summed E-state index contributed by atoms with van der Waals surface area (Å²) in [6, 6.07) is 6.28. The number of rotatable bonds is 5. The summed E-state index contributed by atoms with van der Waals surface area (Å²) in [5.74, 6) is 0.153. The molecule has 0 aromatic carbocycles. The first-order valence-corrected chi connectivity index (χ1v) is 6.50. The number of hydrogen-bond acceptors (Lipinski definition) is 4. The molecule has 1 atom stereocenters. The molecule has 90 valence electrons. The number of aliphatic hydroxyl groups excluding tert-OH is 1. The average molecular weight is 248 g/mol. The Morgan fingerprint density at radius 1 is 1.47 bits per heavy atom. The molecule has 1 aromatic heterocycles. The molecule has 0 amide bonds. The van der Waals surface area contributed by atoms with E-state index in [1.807, 2.05) is 19.2 Å². The van der Waals surface area contributed by atoms with E-state index < -0.39 is 5.41 Å². The molecule has 0 aliphatic carbocycles. The van der Waals surface area contributed by atoms with Crippen molar-refractivity contribution in [2.24, 2.45) is 5.92 Å². The Morgan fingerprint density at radius 2 is 2.18 bits per heavy atom. The SMILES string of the molecule is CC(C)C(C#N)(CCCO)c1csc(C#N)c1. The second-order valence-corrected chi connectivity index (χ2v) is 5.29. The van der Waals surface area contributed by atoms with Gasteiger partial charge >= 0.3 is 0 Å². The number of hydrogen-bond donors (Lipinski definition) is 1. The minimum Gasteiger partial charge on any atom is -0.396 e. The van der Waals surface area contributed by atoms with Crippen LogP contribution >= 0.6 is 11.3 Å². The van der Waals surface area contributed by atoms with E-state index in [4.69, 9.17) is 10.4 Å². The predicted octanol–water partition coefficient (Wildman–Crippen LogP) is 2.81. The van der Waals surface area contributed by atoms with Crippen molar-refractivity contribution in [3.05, 3.63) is 21.9 Å². The van der Waals surface area contributed by atoms with E-state index in [-0.39, 0.29) is 12.5 Å². The van der Waals surface area contributed by atoms with Gasteiger partial charge in [-0.1, -0.05) is 13.8 Å². The standard InChI is InChI=1S/C13H16N2OS/c1-10(2)13(9-15,4-3-5-16)11-6-12(7-14)17-8-11/h6,8,10,16H,3-5H2,1-2H3. The second kappa shape index (κ2) is 5.82. The molecule has 0 bridgehead atoms. The summed E-state index contributed by atoms with van der Waals surface area (Å²) in [4.78, 5) is 0.629. The average Bonchev–Trinajstić information content (AvgIpc) is 2.79. The predicted molar refractivity (Wildman–Crippen MR) is 67.5 cm³/mol. The molecular weight excluding hydrogens is 232 g/mol. The Balaban J connectivity index is 3.14. The summed E-state index contributed by atoms with van der Waals surface area (Å²) in [7, 11) is 0. The van der Waals surface area contributed by atoms with Gasteiger partial charge in [-0.3, -0.25) is 0 Å². The third-order valence-electron chi connectivity index (χ3n) is 3.14. The topological polar surface area (TPSA) is 67.8 Å². The van der Waals surface area contributed by atoms with Gasteiger partial charge in [0.1, 0.15) is 10.9 Å². The normalized spacial score (nSPS) is 14.0. The molecule has 0 radical (unpaired) electrons. The molecule has 4 heteroatoms. The molecule has 0 saturated heterocycles. The van der Waals surface area contributed by atoms with E-state index in [1.165, 1.54) is 11.3 Å². The van der Waals surface area contributed by atoms with E-state index in [0.717, 1.165) is 5.56 Å². The van der Waals surface area contributed by atoms with Crippen molar-refractivity contribution >= 4 is 11.3 Å². The van der Waals surface area contributed by atoms with Gasteiger partial charge in [0.15, 0.2) is 0 Å². The maximum absolute atomic E-state index is 9.50. The first-order chi connectivity index (χ1) is 8.10. The highest BCUT2D eigenvalue weighted by Crippen LogP contribution is 2.38. The fourth-order valence-electron chi connectivity index (χ4n) is 2.00. The van der Waals surface area contributed by atoms with Crippen LogP contribution in [-0.4, -0.2) is 11.7 Å². The van der Waals surface area contributed by atoms with E-state index >= 15 is 0 Å². The van der Waals surface area contributed by atoms with Crippen molar-refractivity contribution in [1.29, 1.82) is 10.5 Å². The molecule has 0 aliphatic heterocycles. The lowest BCUT2D eigenvalue weighted by atomic mass is 9.71. The molecule has 3 nitrogen and oxygen atoms in total. The Bertz CT molecular complexity index is 453. The van der Waals surface area contributed by atoms with E-state index in [1.54, 1.807) is 6.07 Å². The Hall–Kier alpha value is -1.36. The Kier molecular flexibility index (Phi) is 4.69. The lowest BCUT2D eigenvalue weighted by molar-refractivity contribution is 0.257. The zero-order valence-electron chi connectivity index (χ0n) is 10.1. The molecule has 0 spiro atoms. The smallest absolute Gasteiger partial charge is 0.110 e. The number of nitriles is 2. The van der Waals surface area contributed by atoms with Gasteiger partial charge in [-0.25, -0.2) is 0 Å². The maximum Gasteiger partial charge on any atom is 0.110 e. The van der Waals surface area contributed by atoms with Crippen LogP contribution in [0.3, 0.4) is 0 Å². The largest absolute Gasteiger partial charge is 0.396 e. The minimum absolute atomic E-state index is 0.0887. The van der Waals surface area contributed by atoms with Crippen molar-refractivity contribution in [3.63, 3.8) is 0 Å². The molecule has 0 saturated carbocycles. The third kappa shape index (κ3) is 2.66. The molecule has 1 N–H and O–H groups in total. The van der Waals surface area contributed by atoms with Crippen LogP contribution in [0.4, 0.5) is 0 Å². The molecule has 1 heterocycles. The number of thiophene rings is 1. The minimum atomic E-state index is -0.589. The van der Waals surface area contributed by atoms with Crippen LogP contribution in [0.15, 0.2) is 11.4 Å². The molecule has 1 aromatic rings. The Labute approximate surface area is 106 Å². The molecule has 0 aliphatic rings. The van der Waals surface area contributed by atoms with Crippen molar-refractivity contribution in [2.45, 2.75) is 32.1 Å². The highest BCUT2D eigenvalue weighted by atomic mass is 32.1. The highest BCUT2D eigenvalue weighted by molar-refractivity contribution is 7.10. The van der Waals surface area contributed by atoms with Gasteiger partial charge in [-0.15, -0.1) is 11.3 Å². The van der Waals surface area contributed by atoms with Gasteiger partial charge in [-0.2, -0.15) is 10.5 Å². The van der Waals surface area contributed by atoms with Crippen LogP contribution < -0.4 is 0 Å². The van der Waals surface area contributed by atoms with Gasteiger partial charge < -0.3 is 5.11 Å². The monoisotopic (exact) mass is 248 g/mol. The second-order valence-electron chi connectivity index (χ2n) is 4.38. The molecule has 1 unspecified atom stereocenters. The third-order valence-corrected chi connectivity index (χ3v) is 3.97. The quantitative estimate of drug-likeness (QED) is 0.871. The maximum atomic E-state index is 9.50. The summed E-state index contributed by atoms with van der Waals surface area (Å²) in [5.41, 5.74) is 0.318. The molecule has 17 heavy (non-hydrogen) atoms. The summed E-state index contributed by atoms with van der Waals surface area (Å²) in [6.07, 6.45) is 1.22. The summed E-state index contributed by atoms with van der Waals surface area (Å²) >= 11 is 1.37. The van der Waals surface area contributed by atoms with E-state index in [0.29, 0.717) is 17.7 Å². The van der Waals surface area contributed by atoms with Crippen LogP contribution in [0.5, 0.6) is 0 Å². The van der Waals surface area contributed by atoms with Crippen LogP contribution in [-0.2, 0) is 5.41 Å². The molecule has 0 fully saturated rings. The van der Waals surface area contributed by atoms with Crippen LogP contribution in [0, 0.1) is 28.6 Å². The number of nitrogens with zero attached hydrogens (tertiary/aromatic N) is 2. The van der Waals surface area contributed by atoms with E-state index in [2.05, 4.69) is 12.1 Å². The van der Waals surface area contributed by atoms with Gasteiger partial charge in [0.25, 0.3) is 0 Å². The molecule has 1 rings (SSSR count). The first kappa shape index (κ1) is 13.7. The van der Waals surface area contributed by atoms with Gasteiger partial charge in [0.2, 0.25) is 0 Å². The van der Waals surface area contributed by atoms with Gasteiger partial charge in [0.05, 0.1) is 11.5 Å². The highest BCUT2D eigenvalue weighted by Gasteiger charge is 2.36. The van der Waals surface area contributed by atoms with Crippen LogP contribution in [0.25, 0.3) is 0 Å². The zero-order valence-corrected chi connectivity index (χ0v) is 10.9. The lowest BCUT2D eigenvalue weighted by Gasteiger charge is -2.30. The number of aliphatic hydroxyl groups is 1. The fourth-order valence-corrected chi connectivity index (χ4v) is 2.78. The fraction of sp³-hybridized carbons (Fsp3) is 0.538. The first-order valence-electron chi connectivity index (χ1n) is 5.62. The summed E-state index contributed by atoms with van der Waals surface area (Å²) in [6.45, 7) is 4.10. The molecular formula is C13H16N2OS. The van der Waals surface area contributed by atoms with Crippen LogP contribution in [0.1, 0.15) is 37.1 Å². The lowest BCUT2D eigenvalue weighted by Crippen LogP contribution is -2.30. The van der Waals surface area contributed by atoms with Crippen molar-refractivity contribution in [3.8, 4) is 12.1 Å². The van der Waals surface area contributed by atoms with Gasteiger partial charge in [0, 0.05) is 6.61 Å². The van der Waals surface area contributed by atoms with Crippen LogP contribution in [0.2, 0.25) is 0 Å². The van der Waals surface area contributed by atoms with Crippen molar-refractivity contribution in [1.82, 2.24) is 0 Å². The zero-order chi connectivity index (χ0) is 12.9. The summed E-state index contributed by atoms with van der Waals surface area (Å²) in [5, 5.41) is 29.2.